The van der Waals surface area contributed by atoms with Crippen LogP contribution in [0.4, 0.5) is 5.69 Å². The first-order valence-electron chi connectivity index (χ1n) is 7.18. The molecule has 3 aromatic rings. The molecule has 5 nitrogen and oxygen atoms in total. The van der Waals surface area contributed by atoms with Crippen LogP contribution in [0.15, 0.2) is 54.6 Å². The molecule has 0 aliphatic rings. The van der Waals surface area contributed by atoms with E-state index in [2.05, 4.69) is 4.98 Å². The number of nitro groups is 1. The Labute approximate surface area is 132 Å². The molecule has 0 bridgehead atoms. The zero-order valence-electron chi connectivity index (χ0n) is 12.5. The van der Waals surface area contributed by atoms with Gasteiger partial charge in [-0.1, -0.05) is 36.4 Å². The zero-order chi connectivity index (χ0) is 16.4. The number of pyridine rings is 1. The van der Waals surface area contributed by atoms with Crippen LogP contribution in [0, 0.1) is 17.0 Å². The van der Waals surface area contributed by atoms with E-state index in [1.54, 1.807) is 12.1 Å². The number of aromatic nitrogens is 1. The number of rotatable bonds is 4. The molecule has 5 heteroatoms. The van der Waals surface area contributed by atoms with Gasteiger partial charge in [0.1, 0.15) is 0 Å². The average molecular weight is 306 g/mol. The maximum absolute atomic E-state index is 12.5. The Hall–Kier alpha value is -3.08. The van der Waals surface area contributed by atoms with E-state index >= 15 is 0 Å². The smallest absolute Gasteiger partial charge is 0.280 e. The Kier molecular flexibility index (Phi) is 3.85. The van der Waals surface area contributed by atoms with Crippen molar-refractivity contribution in [3.05, 3.63) is 81.5 Å². The van der Waals surface area contributed by atoms with Crippen LogP contribution < -0.4 is 0 Å². The molecule has 23 heavy (non-hydrogen) atoms. The van der Waals surface area contributed by atoms with Gasteiger partial charge in [-0.05, 0) is 24.6 Å². The standard InChI is InChI=1S/C18H14N2O3/c1-12-9-10-13-5-4-6-14(18(13)19-12)11-17(21)15-7-2-3-8-16(15)20(22)23/h2-10H,11H2,1H3. The predicted octanol–water partition coefficient (Wildman–Crippen LogP) is 3.88. The quantitative estimate of drug-likeness (QED) is 0.416. The van der Waals surface area contributed by atoms with Crippen molar-refractivity contribution >= 4 is 22.4 Å². The van der Waals surface area contributed by atoms with Crippen molar-refractivity contribution in [2.45, 2.75) is 13.3 Å². The first-order chi connectivity index (χ1) is 11.1. The van der Waals surface area contributed by atoms with Gasteiger partial charge in [-0.25, -0.2) is 0 Å². The van der Waals surface area contributed by atoms with Crippen molar-refractivity contribution in [1.82, 2.24) is 4.98 Å². The molecule has 0 amide bonds. The van der Waals surface area contributed by atoms with Crippen molar-refractivity contribution in [3.8, 4) is 0 Å². The minimum atomic E-state index is -0.529. The number of para-hydroxylation sites is 2. The van der Waals surface area contributed by atoms with E-state index in [0.29, 0.717) is 0 Å². The third-order valence-electron chi connectivity index (χ3n) is 3.70. The topological polar surface area (TPSA) is 73.1 Å². The molecule has 0 aliphatic carbocycles. The van der Waals surface area contributed by atoms with E-state index in [4.69, 9.17) is 0 Å². The second-order valence-corrected chi connectivity index (χ2v) is 5.32. The number of Topliss-reactive ketones (excluding diaryl/α,β-unsaturated/α-hetero) is 1. The molecule has 0 spiro atoms. The van der Waals surface area contributed by atoms with Gasteiger partial charge >= 0.3 is 0 Å². The number of carbonyl (C=O) groups excluding carboxylic acids is 1. The van der Waals surface area contributed by atoms with Crippen LogP contribution in [-0.4, -0.2) is 15.7 Å². The lowest BCUT2D eigenvalue weighted by Crippen LogP contribution is -2.07. The highest BCUT2D eigenvalue weighted by Gasteiger charge is 2.20. The van der Waals surface area contributed by atoms with Gasteiger partial charge in [0.2, 0.25) is 0 Å². The maximum Gasteiger partial charge on any atom is 0.280 e. The summed E-state index contributed by atoms with van der Waals surface area (Å²) in [6, 6.07) is 15.5. The summed E-state index contributed by atoms with van der Waals surface area (Å²) in [6.45, 7) is 1.89. The minimum Gasteiger partial charge on any atom is -0.294 e. The van der Waals surface area contributed by atoms with Crippen LogP contribution in [0.25, 0.3) is 10.9 Å². The van der Waals surface area contributed by atoms with E-state index in [0.717, 1.165) is 22.2 Å². The third-order valence-corrected chi connectivity index (χ3v) is 3.70. The third kappa shape index (κ3) is 2.94. The van der Waals surface area contributed by atoms with E-state index in [-0.39, 0.29) is 23.5 Å². The SMILES string of the molecule is Cc1ccc2cccc(CC(=O)c3ccccc3[N+](=O)[O-])c2n1. The highest BCUT2D eigenvalue weighted by molar-refractivity contribution is 6.02. The van der Waals surface area contributed by atoms with E-state index in [9.17, 15) is 14.9 Å². The molecule has 0 saturated carbocycles. The second kappa shape index (κ2) is 5.96. The number of fused-ring (bicyclic) bond motifs is 1. The number of nitrogens with zero attached hydrogens (tertiary/aromatic N) is 2. The summed E-state index contributed by atoms with van der Waals surface area (Å²) in [6.07, 6.45) is 0.0820. The number of carbonyl (C=O) groups is 1. The van der Waals surface area contributed by atoms with Gasteiger partial charge in [-0.3, -0.25) is 19.9 Å². The summed E-state index contributed by atoms with van der Waals surface area (Å²) >= 11 is 0. The van der Waals surface area contributed by atoms with E-state index in [1.165, 1.54) is 12.1 Å². The number of hydrogen-bond acceptors (Lipinski definition) is 4. The fourth-order valence-electron chi connectivity index (χ4n) is 2.59. The van der Waals surface area contributed by atoms with E-state index < -0.39 is 4.92 Å². The Morgan fingerprint density at radius 2 is 1.87 bits per heavy atom. The number of ketones is 1. The van der Waals surface area contributed by atoms with Gasteiger partial charge in [-0.15, -0.1) is 0 Å². The first kappa shape index (κ1) is 14.8. The molecule has 0 fully saturated rings. The molecule has 0 radical (unpaired) electrons. The Morgan fingerprint density at radius 1 is 1.09 bits per heavy atom. The zero-order valence-corrected chi connectivity index (χ0v) is 12.5. The fourth-order valence-corrected chi connectivity index (χ4v) is 2.59. The van der Waals surface area contributed by atoms with Gasteiger partial charge in [0, 0.05) is 23.6 Å². The van der Waals surface area contributed by atoms with Crippen LogP contribution in [0.1, 0.15) is 21.6 Å². The summed E-state index contributed by atoms with van der Waals surface area (Å²) in [5, 5.41) is 12.0. The number of nitro benzene ring substituents is 1. The summed E-state index contributed by atoms with van der Waals surface area (Å²) in [5.74, 6) is -0.284. The molecule has 1 heterocycles. The van der Waals surface area contributed by atoms with Crippen LogP contribution in [0.2, 0.25) is 0 Å². The van der Waals surface area contributed by atoms with Crippen molar-refractivity contribution < 1.29 is 9.72 Å². The van der Waals surface area contributed by atoms with Crippen LogP contribution in [0.5, 0.6) is 0 Å². The van der Waals surface area contributed by atoms with Crippen molar-refractivity contribution in [3.63, 3.8) is 0 Å². The molecule has 0 N–H and O–H groups in total. The largest absolute Gasteiger partial charge is 0.294 e. The van der Waals surface area contributed by atoms with Gasteiger partial charge in [0.25, 0.3) is 5.69 Å². The Balaban J connectivity index is 2.01. The highest BCUT2D eigenvalue weighted by Crippen LogP contribution is 2.23. The van der Waals surface area contributed by atoms with Crippen LogP contribution in [0.3, 0.4) is 0 Å². The van der Waals surface area contributed by atoms with Crippen LogP contribution >= 0.6 is 0 Å². The lowest BCUT2D eigenvalue weighted by atomic mass is 9.99. The Morgan fingerprint density at radius 3 is 2.65 bits per heavy atom. The van der Waals surface area contributed by atoms with Gasteiger partial charge in [-0.2, -0.15) is 0 Å². The average Bonchev–Trinajstić information content (AvgIpc) is 2.55. The molecule has 2 aromatic carbocycles. The van der Waals surface area contributed by atoms with Crippen molar-refractivity contribution in [2.24, 2.45) is 0 Å². The molecule has 0 aliphatic heterocycles. The maximum atomic E-state index is 12.5. The molecule has 0 unspecified atom stereocenters. The monoisotopic (exact) mass is 306 g/mol. The highest BCUT2D eigenvalue weighted by atomic mass is 16.6. The summed E-state index contributed by atoms with van der Waals surface area (Å²) in [4.78, 5) is 27.6. The first-order valence-corrected chi connectivity index (χ1v) is 7.18. The van der Waals surface area contributed by atoms with Crippen molar-refractivity contribution in [1.29, 1.82) is 0 Å². The molecule has 114 valence electrons. The molecule has 3 rings (SSSR count). The summed E-state index contributed by atoms with van der Waals surface area (Å²) < 4.78 is 0. The van der Waals surface area contributed by atoms with Gasteiger partial charge in [0.05, 0.1) is 16.0 Å². The minimum absolute atomic E-state index is 0.0820. The van der Waals surface area contributed by atoms with Gasteiger partial charge < -0.3 is 0 Å². The van der Waals surface area contributed by atoms with Crippen molar-refractivity contribution in [2.75, 3.05) is 0 Å². The van der Waals surface area contributed by atoms with Gasteiger partial charge in [0.15, 0.2) is 5.78 Å². The summed E-state index contributed by atoms with van der Waals surface area (Å²) in [7, 11) is 0. The number of benzene rings is 2. The predicted molar refractivity (Wildman–Crippen MR) is 87.6 cm³/mol. The Bertz CT molecular complexity index is 919. The van der Waals surface area contributed by atoms with E-state index in [1.807, 2.05) is 37.3 Å². The molecular formula is C18H14N2O3. The molecule has 0 atom stereocenters. The lowest BCUT2D eigenvalue weighted by Gasteiger charge is -2.07. The summed E-state index contributed by atoms with van der Waals surface area (Å²) in [5.41, 5.74) is 2.36. The second-order valence-electron chi connectivity index (χ2n) is 5.32. The number of hydrogen-bond donors (Lipinski definition) is 0. The fraction of sp³-hybridized carbons (Fsp3) is 0.111. The number of aryl methyl sites for hydroxylation is 1. The molecule has 0 saturated heterocycles. The molecular weight excluding hydrogens is 292 g/mol. The normalized spacial score (nSPS) is 10.7. The lowest BCUT2D eigenvalue weighted by molar-refractivity contribution is -0.385. The van der Waals surface area contributed by atoms with Crippen LogP contribution in [-0.2, 0) is 6.42 Å². The molecule has 1 aromatic heterocycles.